The first-order chi connectivity index (χ1) is 11.6. The Morgan fingerprint density at radius 3 is 2.54 bits per heavy atom. The normalized spacial score (nSPS) is 11.0. The first-order valence-electron chi connectivity index (χ1n) is 8.32. The number of hydrogen-bond donors (Lipinski definition) is 1. The molecule has 3 aromatic rings. The highest BCUT2D eigenvalue weighted by Gasteiger charge is 2.11. The molecule has 3 rings (SSSR count). The summed E-state index contributed by atoms with van der Waals surface area (Å²) in [5.41, 5.74) is 1.71. The molecular formula is C19H23N3O2. The van der Waals surface area contributed by atoms with Gasteiger partial charge in [-0.2, -0.15) is 0 Å². The zero-order valence-corrected chi connectivity index (χ0v) is 14.4. The molecule has 0 bridgehead atoms. The Morgan fingerprint density at radius 1 is 1.12 bits per heavy atom. The first kappa shape index (κ1) is 16.2. The van der Waals surface area contributed by atoms with Gasteiger partial charge >= 0.3 is 0 Å². The van der Waals surface area contributed by atoms with Crippen molar-refractivity contribution in [2.24, 2.45) is 0 Å². The van der Waals surface area contributed by atoms with Gasteiger partial charge in [0.05, 0.1) is 12.1 Å². The molecule has 0 aliphatic rings. The zero-order chi connectivity index (χ0) is 17.1. The molecule has 0 saturated heterocycles. The average Bonchev–Trinajstić information content (AvgIpc) is 3.20. The fourth-order valence-corrected chi connectivity index (χ4v) is 2.88. The molecule has 0 atom stereocenters. The number of carbonyl (C=O) groups excluding carboxylic acids is 1. The number of furan rings is 1. The molecule has 3 aromatic heterocycles. The lowest BCUT2D eigenvalue weighted by Gasteiger charge is -2.20. The summed E-state index contributed by atoms with van der Waals surface area (Å²) in [6.07, 6.45) is 1.89. The molecule has 0 aromatic carbocycles. The van der Waals surface area contributed by atoms with E-state index in [0.29, 0.717) is 12.1 Å². The minimum atomic E-state index is -0.106. The van der Waals surface area contributed by atoms with Crippen LogP contribution in [0.2, 0.25) is 0 Å². The Hall–Kier alpha value is -2.69. The summed E-state index contributed by atoms with van der Waals surface area (Å²) in [5.74, 6) is 2.60. The second-order valence-corrected chi connectivity index (χ2v) is 5.77. The van der Waals surface area contributed by atoms with Crippen LogP contribution in [0.1, 0.15) is 35.7 Å². The van der Waals surface area contributed by atoms with Gasteiger partial charge in [0.1, 0.15) is 17.3 Å². The fraction of sp³-hybridized carbons (Fsp3) is 0.316. The van der Waals surface area contributed by atoms with E-state index in [1.807, 2.05) is 37.4 Å². The Kier molecular flexibility index (Phi) is 4.60. The number of carbonyl (C=O) groups is 1. The molecule has 1 N–H and O–H groups in total. The van der Waals surface area contributed by atoms with Crippen LogP contribution >= 0.6 is 0 Å². The summed E-state index contributed by atoms with van der Waals surface area (Å²) in [6.45, 7) is 8.39. The van der Waals surface area contributed by atoms with E-state index in [4.69, 9.17) is 4.42 Å². The van der Waals surface area contributed by atoms with Crippen molar-refractivity contribution in [3.63, 3.8) is 0 Å². The van der Waals surface area contributed by atoms with Crippen molar-refractivity contribution in [1.29, 1.82) is 0 Å². The van der Waals surface area contributed by atoms with E-state index < -0.39 is 0 Å². The van der Waals surface area contributed by atoms with E-state index >= 15 is 0 Å². The molecule has 126 valence electrons. The number of rotatable bonds is 6. The van der Waals surface area contributed by atoms with E-state index in [0.717, 1.165) is 35.9 Å². The molecule has 5 nitrogen and oxygen atoms in total. The molecule has 0 spiro atoms. The van der Waals surface area contributed by atoms with Crippen LogP contribution in [-0.2, 0) is 6.54 Å². The van der Waals surface area contributed by atoms with Crippen LogP contribution in [0.4, 0.5) is 5.82 Å². The third-order valence-corrected chi connectivity index (χ3v) is 4.20. The average molecular weight is 325 g/mol. The van der Waals surface area contributed by atoms with Crippen LogP contribution in [-0.4, -0.2) is 23.4 Å². The topological polar surface area (TPSA) is 49.9 Å². The molecule has 24 heavy (non-hydrogen) atoms. The van der Waals surface area contributed by atoms with Crippen LogP contribution in [0.25, 0.3) is 5.52 Å². The van der Waals surface area contributed by atoms with Gasteiger partial charge in [0.15, 0.2) is 0 Å². The fourth-order valence-electron chi connectivity index (χ4n) is 2.88. The summed E-state index contributed by atoms with van der Waals surface area (Å²) < 4.78 is 7.55. The van der Waals surface area contributed by atoms with Gasteiger partial charge < -0.3 is 19.0 Å². The number of anilines is 1. The maximum atomic E-state index is 12.4. The van der Waals surface area contributed by atoms with Gasteiger partial charge in [-0.1, -0.05) is 0 Å². The Morgan fingerprint density at radius 2 is 1.88 bits per heavy atom. The maximum Gasteiger partial charge on any atom is 0.253 e. The Balaban J connectivity index is 1.81. The first-order valence-corrected chi connectivity index (χ1v) is 8.32. The van der Waals surface area contributed by atoms with Crippen LogP contribution in [0.15, 0.2) is 47.0 Å². The van der Waals surface area contributed by atoms with Gasteiger partial charge in [-0.15, -0.1) is 0 Å². The van der Waals surface area contributed by atoms with Crippen molar-refractivity contribution in [3.05, 3.63) is 59.7 Å². The van der Waals surface area contributed by atoms with Crippen molar-refractivity contribution in [1.82, 2.24) is 9.72 Å². The quantitative estimate of drug-likeness (QED) is 0.753. The summed E-state index contributed by atoms with van der Waals surface area (Å²) in [6, 6.07) is 11.8. The van der Waals surface area contributed by atoms with Crippen LogP contribution < -0.4 is 10.2 Å². The highest BCUT2D eigenvalue weighted by molar-refractivity contribution is 5.94. The molecule has 0 unspecified atom stereocenters. The number of aromatic nitrogens is 1. The largest absolute Gasteiger partial charge is 0.465 e. The van der Waals surface area contributed by atoms with Crippen molar-refractivity contribution in [2.45, 2.75) is 27.3 Å². The minimum Gasteiger partial charge on any atom is -0.465 e. The number of fused-ring (bicyclic) bond motifs is 1. The van der Waals surface area contributed by atoms with Gasteiger partial charge in [-0.05, 0) is 57.2 Å². The number of nitrogens with zero attached hydrogens (tertiary/aromatic N) is 2. The van der Waals surface area contributed by atoms with Crippen LogP contribution in [0, 0.1) is 6.92 Å². The smallest absolute Gasteiger partial charge is 0.253 e. The van der Waals surface area contributed by atoms with Crippen molar-refractivity contribution in [2.75, 3.05) is 18.0 Å². The van der Waals surface area contributed by atoms with Gasteiger partial charge in [0, 0.05) is 24.8 Å². The number of aryl methyl sites for hydroxylation is 1. The molecule has 1 amide bonds. The third kappa shape index (κ3) is 3.15. The summed E-state index contributed by atoms with van der Waals surface area (Å²) in [5, 5.41) is 2.90. The van der Waals surface area contributed by atoms with Crippen LogP contribution in [0.5, 0.6) is 0 Å². The van der Waals surface area contributed by atoms with E-state index in [1.54, 1.807) is 0 Å². The Labute approximate surface area is 141 Å². The molecule has 0 aliphatic carbocycles. The lowest BCUT2D eigenvalue weighted by Crippen LogP contribution is -2.24. The van der Waals surface area contributed by atoms with E-state index in [2.05, 4.69) is 40.6 Å². The summed E-state index contributed by atoms with van der Waals surface area (Å²) >= 11 is 0. The van der Waals surface area contributed by atoms with Crippen molar-refractivity contribution >= 4 is 17.2 Å². The molecule has 0 saturated carbocycles. The SMILES string of the molecule is CCN(CC)c1ccc2ccc(C(=O)NCc3ccc(C)o3)cn12. The lowest BCUT2D eigenvalue weighted by atomic mass is 10.2. The van der Waals surface area contributed by atoms with Gasteiger partial charge in [-0.25, -0.2) is 0 Å². The van der Waals surface area contributed by atoms with E-state index in [1.165, 1.54) is 0 Å². The van der Waals surface area contributed by atoms with Crippen molar-refractivity contribution < 1.29 is 9.21 Å². The molecule has 0 radical (unpaired) electrons. The van der Waals surface area contributed by atoms with Gasteiger partial charge in [-0.3, -0.25) is 4.79 Å². The van der Waals surface area contributed by atoms with E-state index in [-0.39, 0.29) is 5.91 Å². The molecule has 0 fully saturated rings. The summed E-state index contributed by atoms with van der Waals surface area (Å²) in [4.78, 5) is 14.7. The van der Waals surface area contributed by atoms with E-state index in [9.17, 15) is 4.79 Å². The van der Waals surface area contributed by atoms with Gasteiger partial charge in [0.2, 0.25) is 0 Å². The zero-order valence-electron chi connectivity index (χ0n) is 14.4. The number of hydrogen-bond acceptors (Lipinski definition) is 3. The number of amides is 1. The molecule has 5 heteroatoms. The third-order valence-electron chi connectivity index (χ3n) is 4.20. The lowest BCUT2D eigenvalue weighted by molar-refractivity contribution is 0.0947. The predicted octanol–water partition coefficient (Wildman–Crippen LogP) is 3.62. The molecule has 0 aliphatic heterocycles. The van der Waals surface area contributed by atoms with Gasteiger partial charge in [0.25, 0.3) is 5.91 Å². The second-order valence-electron chi connectivity index (χ2n) is 5.77. The Bertz CT molecular complexity index is 843. The standard InChI is InChI=1S/C19H23N3O2/c1-4-21(5-2)18-11-9-16-8-7-15(13-22(16)18)19(23)20-12-17-10-6-14(3)24-17/h6-11,13H,4-5,12H2,1-3H3,(H,20,23). The second kappa shape index (κ2) is 6.83. The number of nitrogens with one attached hydrogen (secondary N) is 1. The highest BCUT2D eigenvalue weighted by atomic mass is 16.3. The highest BCUT2D eigenvalue weighted by Crippen LogP contribution is 2.20. The maximum absolute atomic E-state index is 12.4. The number of pyridine rings is 1. The summed E-state index contributed by atoms with van der Waals surface area (Å²) in [7, 11) is 0. The minimum absolute atomic E-state index is 0.106. The van der Waals surface area contributed by atoms with Crippen LogP contribution in [0.3, 0.4) is 0 Å². The monoisotopic (exact) mass is 325 g/mol. The molecule has 3 heterocycles. The van der Waals surface area contributed by atoms with Crippen molar-refractivity contribution in [3.8, 4) is 0 Å². The molecular weight excluding hydrogens is 302 g/mol. The predicted molar refractivity (Wildman–Crippen MR) is 95.6 cm³/mol.